The summed E-state index contributed by atoms with van der Waals surface area (Å²) in [4.78, 5) is 42.8. The lowest BCUT2D eigenvalue weighted by Crippen LogP contribution is -2.53. The zero-order valence-electron chi connectivity index (χ0n) is 35.6. The van der Waals surface area contributed by atoms with E-state index >= 15 is 0 Å². The Bertz CT molecular complexity index is 2170. The van der Waals surface area contributed by atoms with Gasteiger partial charge in [-0.15, -0.1) is 0 Å². The number of hydrogen-bond donors (Lipinski definition) is 4. The lowest BCUT2D eigenvalue weighted by molar-refractivity contribution is -0.144. The number of aromatic nitrogens is 1. The first-order chi connectivity index (χ1) is 29.3. The predicted molar refractivity (Wildman–Crippen MR) is 238 cm³/mol. The number of carboxylic acid groups (broad SMARTS) is 2. The Hall–Kier alpha value is -5.09. The number of fused-ring (bicyclic) bond motifs is 3. The van der Waals surface area contributed by atoms with Crippen LogP contribution in [0.1, 0.15) is 112 Å². The van der Waals surface area contributed by atoms with Gasteiger partial charge in [-0.2, -0.15) is 0 Å². The fraction of sp³-hybridized carbons (Fsp3) is 0.480. The highest BCUT2D eigenvalue weighted by molar-refractivity contribution is 6.30. The third-order valence-electron chi connectivity index (χ3n) is 13.5. The average Bonchev–Trinajstić information content (AvgIpc) is 3.52. The van der Waals surface area contributed by atoms with Crippen molar-refractivity contribution >= 4 is 35.1 Å². The molecule has 324 valence electrons. The smallest absolute Gasteiger partial charge is 0.329 e. The summed E-state index contributed by atoms with van der Waals surface area (Å²) >= 11 is 6.31. The van der Waals surface area contributed by atoms with Gasteiger partial charge in [-0.3, -0.25) is 9.78 Å². The van der Waals surface area contributed by atoms with Gasteiger partial charge in [-0.1, -0.05) is 74.8 Å². The van der Waals surface area contributed by atoms with Gasteiger partial charge in [-0.25, -0.2) is 9.59 Å². The van der Waals surface area contributed by atoms with Crippen molar-refractivity contribution in [1.29, 1.82) is 0 Å². The minimum Gasteiger partial charge on any atom is -0.493 e. The van der Waals surface area contributed by atoms with E-state index in [9.17, 15) is 24.6 Å². The highest BCUT2D eigenvalue weighted by Gasteiger charge is 2.54. The molecule has 4 aromatic rings. The summed E-state index contributed by atoms with van der Waals surface area (Å²) < 4.78 is 13.0. The van der Waals surface area contributed by atoms with E-state index in [2.05, 4.69) is 41.6 Å². The number of aryl methyl sites for hydroxylation is 2. The lowest BCUT2D eigenvalue weighted by Gasteiger charge is -2.47. The van der Waals surface area contributed by atoms with Gasteiger partial charge in [0.15, 0.2) is 0 Å². The number of ether oxygens (including phenoxy) is 2. The maximum absolute atomic E-state index is 13.1. The molecule has 61 heavy (non-hydrogen) atoms. The molecule has 0 aliphatic heterocycles. The number of rotatable bonds is 18. The van der Waals surface area contributed by atoms with Gasteiger partial charge < -0.3 is 30.3 Å². The van der Waals surface area contributed by atoms with E-state index in [1.807, 2.05) is 67.7 Å². The van der Waals surface area contributed by atoms with E-state index < -0.39 is 23.5 Å². The van der Waals surface area contributed by atoms with Crippen molar-refractivity contribution in [1.82, 2.24) is 10.3 Å². The minimum absolute atomic E-state index is 0.129. The van der Waals surface area contributed by atoms with Crippen molar-refractivity contribution in [2.75, 3.05) is 18.5 Å². The van der Waals surface area contributed by atoms with Crippen molar-refractivity contribution in [2.24, 2.45) is 17.8 Å². The fourth-order valence-corrected chi connectivity index (χ4v) is 10.4. The van der Waals surface area contributed by atoms with E-state index in [0.717, 1.165) is 49.1 Å². The summed E-state index contributed by atoms with van der Waals surface area (Å²) in [6, 6.07) is 24.2. The van der Waals surface area contributed by atoms with Crippen molar-refractivity contribution in [3.63, 3.8) is 0 Å². The second-order valence-electron chi connectivity index (χ2n) is 18.1. The number of carboxylic acids is 2. The molecule has 1 spiro atoms. The first-order valence-electron chi connectivity index (χ1n) is 22.0. The standard InChI is InChI=1S/C50H60ClN3O7/c1-32(31-61-44-19-24-52-42-14-7-9-34(3)46(42)44)25-37-27-36-16-17-40(60-30-33(2)26-45(55)53-43(47(56)57)18-15-35-10-5-4-6-11-35)29-41(36)49(37)20-22-50(23-21-49,48(58)59)54-39-13-8-12-38(51)28-39/h4-6,8,10-13,16-17,19,24,28-29,32-34,37,43,54H,7,9,14-15,18,20-23,25-27,30-31H2,1-3H3,(H,53,55)(H,56,57)(H,58,59)/t32-,33?,34-,37+,43+,49?,50?/m1/s1. The van der Waals surface area contributed by atoms with Crippen LogP contribution in [0.5, 0.6) is 11.5 Å². The molecule has 1 unspecified atom stereocenters. The quantitative estimate of drug-likeness (QED) is 0.0769. The molecular formula is C50H60ClN3O7. The average molecular weight is 850 g/mol. The van der Waals surface area contributed by atoms with Crippen molar-refractivity contribution in [2.45, 2.75) is 121 Å². The third kappa shape index (κ3) is 10.3. The number of benzene rings is 3. The van der Waals surface area contributed by atoms with Crippen LogP contribution >= 0.6 is 11.6 Å². The summed E-state index contributed by atoms with van der Waals surface area (Å²) in [6.45, 7) is 7.31. The Labute approximate surface area is 364 Å². The van der Waals surface area contributed by atoms with Gasteiger partial charge in [0.05, 0.1) is 13.2 Å². The van der Waals surface area contributed by atoms with Crippen LogP contribution < -0.4 is 20.1 Å². The number of halogens is 1. The van der Waals surface area contributed by atoms with Crippen LogP contribution in [0.15, 0.2) is 85.1 Å². The molecular weight excluding hydrogens is 790 g/mol. The topological polar surface area (TPSA) is 147 Å². The maximum Gasteiger partial charge on any atom is 0.329 e. The second-order valence-corrected chi connectivity index (χ2v) is 18.6. The van der Waals surface area contributed by atoms with Crippen molar-refractivity contribution in [3.05, 3.63) is 118 Å². The zero-order chi connectivity index (χ0) is 43.1. The molecule has 0 radical (unpaired) electrons. The van der Waals surface area contributed by atoms with Crippen LogP contribution in [0.2, 0.25) is 5.02 Å². The highest BCUT2D eigenvalue weighted by Crippen LogP contribution is 2.57. The summed E-state index contributed by atoms with van der Waals surface area (Å²) in [5, 5.41) is 27.2. The van der Waals surface area contributed by atoms with E-state index in [0.29, 0.717) is 67.5 Å². The van der Waals surface area contributed by atoms with Crippen molar-refractivity contribution < 1.29 is 34.1 Å². The first kappa shape index (κ1) is 44.0. The fourth-order valence-electron chi connectivity index (χ4n) is 10.2. The molecule has 1 saturated carbocycles. The van der Waals surface area contributed by atoms with Gasteiger partial charge >= 0.3 is 11.9 Å². The summed E-state index contributed by atoms with van der Waals surface area (Å²) in [5.41, 5.74) is 5.19. The molecule has 3 aliphatic carbocycles. The number of anilines is 1. The Morgan fingerprint density at radius 1 is 0.918 bits per heavy atom. The molecule has 3 aromatic carbocycles. The second kappa shape index (κ2) is 19.3. The van der Waals surface area contributed by atoms with Crippen LogP contribution in [0.3, 0.4) is 0 Å². The molecule has 0 bridgehead atoms. The highest BCUT2D eigenvalue weighted by atomic mass is 35.5. The molecule has 3 aliphatic rings. The van der Waals surface area contributed by atoms with Gasteiger partial charge in [0.25, 0.3) is 0 Å². The Kier molecular flexibility index (Phi) is 13.9. The number of hydrogen-bond acceptors (Lipinski definition) is 7. The first-order valence-corrected chi connectivity index (χ1v) is 22.4. The zero-order valence-corrected chi connectivity index (χ0v) is 36.4. The monoisotopic (exact) mass is 849 g/mol. The number of pyridine rings is 1. The van der Waals surface area contributed by atoms with Gasteiger partial charge in [-0.05, 0) is 153 Å². The Balaban J connectivity index is 1.04. The molecule has 10 nitrogen and oxygen atoms in total. The Morgan fingerprint density at radius 2 is 1.69 bits per heavy atom. The van der Waals surface area contributed by atoms with Crippen LogP contribution in [-0.4, -0.2) is 57.8 Å². The number of carbonyl (C=O) groups excluding carboxylic acids is 1. The molecule has 1 aromatic heterocycles. The lowest BCUT2D eigenvalue weighted by atomic mass is 9.59. The van der Waals surface area contributed by atoms with Crippen molar-refractivity contribution in [3.8, 4) is 11.5 Å². The van der Waals surface area contributed by atoms with E-state index in [4.69, 9.17) is 21.1 Å². The molecule has 1 fully saturated rings. The molecule has 1 amide bonds. The van der Waals surface area contributed by atoms with E-state index in [1.165, 1.54) is 16.7 Å². The normalized spacial score (nSPS) is 23.2. The predicted octanol–water partition coefficient (Wildman–Crippen LogP) is 9.81. The Morgan fingerprint density at radius 3 is 2.43 bits per heavy atom. The number of amides is 1. The minimum atomic E-state index is -1.14. The van der Waals surface area contributed by atoms with Crippen LogP contribution in [-0.2, 0) is 39.1 Å². The van der Waals surface area contributed by atoms with Crippen LogP contribution in [0.4, 0.5) is 5.69 Å². The van der Waals surface area contributed by atoms with Crippen LogP contribution in [0, 0.1) is 17.8 Å². The van der Waals surface area contributed by atoms with Gasteiger partial charge in [0.1, 0.15) is 23.1 Å². The molecule has 5 atom stereocenters. The molecule has 4 N–H and O–H groups in total. The third-order valence-corrected chi connectivity index (χ3v) is 13.8. The van der Waals surface area contributed by atoms with Gasteiger partial charge in [0, 0.05) is 34.6 Å². The number of nitrogens with one attached hydrogen (secondary N) is 2. The summed E-state index contributed by atoms with van der Waals surface area (Å²) in [7, 11) is 0. The number of aliphatic carboxylic acids is 2. The van der Waals surface area contributed by atoms with E-state index in [-0.39, 0.29) is 42.1 Å². The maximum atomic E-state index is 13.1. The molecule has 0 saturated heterocycles. The summed E-state index contributed by atoms with van der Waals surface area (Å²) in [5.74, 6) is 0.184. The van der Waals surface area contributed by atoms with Crippen LogP contribution in [0.25, 0.3) is 0 Å². The molecule has 7 rings (SSSR count). The van der Waals surface area contributed by atoms with Gasteiger partial charge in [0.2, 0.25) is 5.91 Å². The largest absolute Gasteiger partial charge is 0.493 e. The van der Waals surface area contributed by atoms with E-state index in [1.54, 1.807) is 12.1 Å². The number of nitrogens with zero attached hydrogens (tertiary/aromatic N) is 1. The number of carbonyl (C=O) groups is 3. The SMILES string of the molecule is CC(COc1ccc2c(c1)C1(CCC(Nc3cccc(Cl)c3)(C(=O)O)CC1)[C@@H](C[C@@H](C)COc1ccnc3c1[C@H](C)CCC3)C2)CC(=O)N[C@@H](CCc1ccccc1)C(=O)O. The summed E-state index contributed by atoms with van der Waals surface area (Å²) in [6.07, 6.45) is 10.2. The molecule has 1 heterocycles. The molecule has 11 heteroatoms.